The van der Waals surface area contributed by atoms with E-state index in [2.05, 4.69) is 15.9 Å². The van der Waals surface area contributed by atoms with Gasteiger partial charge in [0.1, 0.15) is 15.7 Å². The number of halogens is 1. The number of aryl methyl sites for hydroxylation is 1. The monoisotopic (exact) mass is 444 g/mol. The Morgan fingerprint density at radius 1 is 1.20 bits per heavy atom. The summed E-state index contributed by atoms with van der Waals surface area (Å²) in [7, 11) is -3.49. The molecule has 0 spiro atoms. The van der Waals surface area contributed by atoms with Crippen LogP contribution in [0.25, 0.3) is 6.08 Å². The standard InChI is InChI=1S/C16H17BrN2O4S2/c1-12-2-3-13(23-12)4-6-15(20)18-8-10-19(11-9-18)25(21,22)16-7-5-14(17)24-16/h2-7H,8-11H2,1H3. The molecule has 1 aliphatic heterocycles. The van der Waals surface area contributed by atoms with Crippen molar-refractivity contribution < 1.29 is 17.6 Å². The number of carbonyl (C=O) groups is 1. The van der Waals surface area contributed by atoms with Crippen LogP contribution in [0, 0.1) is 6.92 Å². The second-order valence-corrected chi connectivity index (χ2v) is 10.2. The zero-order chi connectivity index (χ0) is 18.0. The third kappa shape index (κ3) is 4.22. The van der Waals surface area contributed by atoms with Crippen LogP contribution in [0.5, 0.6) is 0 Å². The van der Waals surface area contributed by atoms with Crippen molar-refractivity contribution in [3.8, 4) is 0 Å². The van der Waals surface area contributed by atoms with E-state index in [1.807, 2.05) is 13.0 Å². The highest BCUT2D eigenvalue weighted by Gasteiger charge is 2.30. The van der Waals surface area contributed by atoms with Gasteiger partial charge >= 0.3 is 0 Å². The second-order valence-electron chi connectivity index (χ2n) is 5.57. The number of piperazine rings is 1. The van der Waals surface area contributed by atoms with Gasteiger partial charge in [0.2, 0.25) is 5.91 Å². The van der Waals surface area contributed by atoms with Crippen LogP contribution < -0.4 is 0 Å². The number of nitrogens with zero attached hydrogens (tertiary/aromatic N) is 2. The van der Waals surface area contributed by atoms with Crippen molar-refractivity contribution in [2.75, 3.05) is 26.2 Å². The lowest BCUT2D eigenvalue weighted by Gasteiger charge is -2.33. The Morgan fingerprint density at radius 2 is 1.92 bits per heavy atom. The molecule has 0 saturated carbocycles. The molecule has 0 atom stereocenters. The number of sulfonamides is 1. The third-order valence-corrected chi connectivity index (χ3v) is 7.83. The Kier molecular flexibility index (Phi) is 5.47. The van der Waals surface area contributed by atoms with Gasteiger partial charge in [0.25, 0.3) is 10.0 Å². The maximum absolute atomic E-state index is 12.6. The molecule has 0 unspecified atom stereocenters. The first-order chi connectivity index (χ1) is 11.9. The Balaban J connectivity index is 1.60. The van der Waals surface area contributed by atoms with Gasteiger partial charge in [-0.3, -0.25) is 4.79 Å². The summed E-state index contributed by atoms with van der Waals surface area (Å²) >= 11 is 4.47. The van der Waals surface area contributed by atoms with E-state index in [9.17, 15) is 13.2 Å². The van der Waals surface area contributed by atoms with Crippen LogP contribution in [0.3, 0.4) is 0 Å². The highest BCUT2D eigenvalue weighted by atomic mass is 79.9. The first-order valence-electron chi connectivity index (χ1n) is 7.65. The predicted molar refractivity (Wildman–Crippen MR) is 99.8 cm³/mol. The van der Waals surface area contributed by atoms with Gasteiger partial charge in [-0.25, -0.2) is 8.42 Å². The number of hydrogen-bond acceptors (Lipinski definition) is 5. The molecule has 1 aliphatic rings. The minimum Gasteiger partial charge on any atom is -0.462 e. The predicted octanol–water partition coefficient (Wildman–Crippen LogP) is 2.96. The van der Waals surface area contributed by atoms with E-state index in [0.29, 0.717) is 23.1 Å². The summed E-state index contributed by atoms with van der Waals surface area (Å²) in [5, 5.41) is 0. The van der Waals surface area contributed by atoms with Crippen molar-refractivity contribution in [1.29, 1.82) is 0 Å². The summed E-state index contributed by atoms with van der Waals surface area (Å²) in [5.74, 6) is 1.26. The fourth-order valence-electron chi connectivity index (χ4n) is 2.51. The van der Waals surface area contributed by atoms with E-state index < -0.39 is 10.0 Å². The highest BCUT2D eigenvalue weighted by molar-refractivity contribution is 9.11. The van der Waals surface area contributed by atoms with Gasteiger partial charge in [0.05, 0.1) is 3.79 Å². The molecular formula is C16H17BrN2O4S2. The SMILES string of the molecule is Cc1ccc(C=CC(=O)N2CCN(S(=O)(=O)c3ccc(Br)s3)CC2)o1. The van der Waals surface area contributed by atoms with Gasteiger partial charge in [-0.05, 0) is 53.2 Å². The molecule has 25 heavy (non-hydrogen) atoms. The normalized spacial score (nSPS) is 16.6. The van der Waals surface area contributed by atoms with Gasteiger partial charge in [-0.2, -0.15) is 4.31 Å². The van der Waals surface area contributed by atoms with Crippen LogP contribution in [0.1, 0.15) is 11.5 Å². The lowest BCUT2D eigenvalue weighted by Crippen LogP contribution is -2.50. The maximum atomic E-state index is 12.6. The van der Waals surface area contributed by atoms with Crippen LogP contribution in [-0.2, 0) is 14.8 Å². The smallest absolute Gasteiger partial charge is 0.252 e. The lowest BCUT2D eigenvalue weighted by molar-refractivity contribution is -0.127. The van der Waals surface area contributed by atoms with Crippen LogP contribution in [0.15, 0.2) is 42.8 Å². The molecular weight excluding hydrogens is 428 g/mol. The average Bonchev–Trinajstić information content (AvgIpc) is 3.21. The summed E-state index contributed by atoms with van der Waals surface area (Å²) in [6.45, 7) is 3.15. The quantitative estimate of drug-likeness (QED) is 0.679. The first kappa shape index (κ1) is 18.4. The Labute approximate surface area is 158 Å². The van der Waals surface area contributed by atoms with E-state index in [1.165, 1.54) is 21.7 Å². The largest absolute Gasteiger partial charge is 0.462 e. The van der Waals surface area contributed by atoms with Gasteiger partial charge in [0, 0.05) is 32.3 Å². The fourth-order valence-corrected chi connectivity index (χ4v) is 6.10. The van der Waals surface area contributed by atoms with Crippen LogP contribution in [0.2, 0.25) is 0 Å². The van der Waals surface area contributed by atoms with Crippen molar-refractivity contribution in [2.45, 2.75) is 11.1 Å². The molecule has 0 aliphatic carbocycles. The highest BCUT2D eigenvalue weighted by Crippen LogP contribution is 2.28. The average molecular weight is 445 g/mol. The zero-order valence-electron chi connectivity index (χ0n) is 13.5. The molecule has 9 heteroatoms. The summed E-state index contributed by atoms with van der Waals surface area (Å²) < 4.78 is 33.1. The number of thiophene rings is 1. The Bertz CT molecular complexity index is 893. The molecule has 134 valence electrons. The van der Waals surface area contributed by atoms with E-state index in [4.69, 9.17) is 4.42 Å². The van der Waals surface area contributed by atoms with Crippen LogP contribution >= 0.6 is 27.3 Å². The minimum atomic E-state index is -3.49. The van der Waals surface area contributed by atoms with Gasteiger partial charge in [0.15, 0.2) is 0 Å². The summed E-state index contributed by atoms with van der Waals surface area (Å²) in [4.78, 5) is 13.9. The molecule has 1 saturated heterocycles. The van der Waals surface area contributed by atoms with Gasteiger partial charge < -0.3 is 9.32 Å². The van der Waals surface area contributed by atoms with Gasteiger partial charge in [-0.1, -0.05) is 0 Å². The molecule has 0 radical (unpaired) electrons. The van der Waals surface area contributed by atoms with Crippen molar-refractivity contribution in [3.63, 3.8) is 0 Å². The van der Waals surface area contributed by atoms with Crippen LogP contribution in [0.4, 0.5) is 0 Å². The number of carbonyl (C=O) groups excluding carboxylic acids is 1. The molecule has 1 amide bonds. The number of rotatable bonds is 4. The number of amides is 1. The summed E-state index contributed by atoms with van der Waals surface area (Å²) in [6.07, 6.45) is 3.08. The zero-order valence-corrected chi connectivity index (χ0v) is 16.7. The third-order valence-electron chi connectivity index (χ3n) is 3.84. The second kappa shape index (κ2) is 7.45. The summed E-state index contributed by atoms with van der Waals surface area (Å²) in [6, 6.07) is 6.94. The van der Waals surface area contributed by atoms with E-state index in [1.54, 1.807) is 29.2 Å². The fraction of sp³-hybridized carbons (Fsp3) is 0.312. The molecule has 0 aromatic carbocycles. The molecule has 0 N–H and O–H groups in total. The minimum absolute atomic E-state index is 0.148. The number of furan rings is 1. The molecule has 3 rings (SSSR count). The molecule has 2 aromatic heterocycles. The Hall–Kier alpha value is -1.42. The van der Waals surface area contributed by atoms with Crippen molar-refractivity contribution in [2.24, 2.45) is 0 Å². The van der Waals surface area contributed by atoms with Crippen molar-refractivity contribution >= 4 is 49.3 Å². The molecule has 0 bridgehead atoms. The van der Waals surface area contributed by atoms with Gasteiger partial charge in [-0.15, -0.1) is 11.3 Å². The topological polar surface area (TPSA) is 70.8 Å². The van der Waals surface area contributed by atoms with Crippen molar-refractivity contribution in [1.82, 2.24) is 9.21 Å². The molecule has 3 heterocycles. The Morgan fingerprint density at radius 3 is 2.48 bits per heavy atom. The molecule has 1 fully saturated rings. The van der Waals surface area contributed by atoms with E-state index in [0.717, 1.165) is 9.55 Å². The molecule has 6 nitrogen and oxygen atoms in total. The maximum Gasteiger partial charge on any atom is 0.252 e. The first-order valence-corrected chi connectivity index (χ1v) is 10.7. The van der Waals surface area contributed by atoms with E-state index in [-0.39, 0.29) is 19.0 Å². The molecule has 2 aromatic rings. The van der Waals surface area contributed by atoms with Crippen LogP contribution in [-0.4, -0.2) is 49.7 Å². The van der Waals surface area contributed by atoms with Crippen molar-refractivity contribution in [3.05, 3.63) is 45.6 Å². The lowest BCUT2D eigenvalue weighted by atomic mass is 10.3. The van der Waals surface area contributed by atoms with E-state index >= 15 is 0 Å². The summed E-state index contributed by atoms with van der Waals surface area (Å²) in [5.41, 5.74) is 0. The number of hydrogen-bond donors (Lipinski definition) is 0.